The molecular weight excluding hydrogens is 230 g/mol. The van der Waals surface area contributed by atoms with E-state index >= 15 is 0 Å². The van der Waals surface area contributed by atoms with E-state index in [1.54, 1.807) is 0 Å². The van der Waals surface area contributed by atoms with Gasteiger partial charge in [0.1, 0.15) is 0 Å². The second kappa shape index (κ2) is 5.28. The summed E-state index contributed by atoms with van der Waals surface area (Å²) in [5.41, 5.74) is 3.55. The molecule has 19 heavy (non-hydrogen) atoms. The molecule has 0 bridgehead atoms. The summed E-state index contributed by atoms with van der Waals surface area (Å²) >= 11 is 0. The van der Waals surface area contributed by atoms with E-state index in [-0.39, 0.29) is 0 Å². The van der Waals surface area contributed by atoms with Gasteiger partial charge in [0.05, 0.1) is 0 Å². The first-order valence-electron chi connectivity index (χ1n) is 8.03. The molecule has 0 spiro atoms. The van der Waals surface area contributed by atoms with E-state index in [1.165, 1.54) is 43.4 Å². The first kappa shape index (κ1) is 13.2. The minimum absolute atomic E-state index is 0.553. The number of hydrogen-bond donors (Lipinski definition) is 1. The Morgan fingerprint density at radius 1 is 1.05 bits per heavy atom. The van der Waals surface area contributed by atoms with Crippen molar-refractivity contribution in [2.24, 2.45) is 17.3 Å². The molecule has 2 aliphatic carbocycles. The summed E-state index contributed by atoms with van der Waals surface area (Å²) in [4.78, 5) is 0. The summed E-state index contributed by atoms with van der Waals surface area (Å²) in [5, 5.41) is 3.61. The van der Waals surface area contributed by atoms with Crippen molar-refractivity contribution in [1.82, 2.24) is 5.32 Å². The molecular formula is C18H27N. The fourth-order valence-electron chi connectivity index (χ4n) is 4.07. The van der Waals surface area contributed by atoms with Crippen molar-refractivity contribution in [3.8, 4) is 0 Å². The van der Waals surface area contributed by atoms with Crippen LogP contribution in [0.2, 0.25) is 0 Å². The Kier molecular flexibility index (Phi) is 3.66. The zero-order valence-corrected chi connectivity index (χ0v) is 12.4. The van der Waals surface area contributed by atoms with Gasteiger partial charge in [0.15, 0.2) is 0 Å². The van der Waals surface area contributed by atoms with Crippen molar-refractivity contribution in [2.75, 3.05) is 13.1 Å². The van der Waals surface area contributed by atoms with E-state index in [1.807, 2.05) is 0 Å². The van der Waals surface area contributed by atoms with Crippen molar-refractivity contribution >= 4 is 0 Å². The van der Waals surface area contributed by atoms with Crippen LogP contribution in [-0.4, -0.2) is 13.1 Å². The molecule has 1 aromatic carbocycles. The van der Waals surface area contributed by atoms with Crippen LogP contribution in [0.15, 0.2) is 24.3 Å². The van der Waals surface area contributed by atoms with Gasteiger partial charge in [-0.3, -0.25) is 0 Å². The fraction of sp³-hybridized carbons (Fsp3) is 0.667. The van der Waals surface area contributed by atoms with E-state index in [2.05, 4.69) is 43.4 Å². The van der Waals surface area contributed by atoms with Gasteiger partial charge in [0.2, 0.25) is 0 Å². The number of fused-ring (bicyclic) bond motifs is 1. The number of benzene rings is 1. The monoisotopic (exact) mass is 257 g/mol. The summed E-state index contributed by atoms with van der Waals surface area (Å²) < 4.78 is 0. The molecule has 2 atom stereocenters. The molecule has 2 fully saturated rings. The summed E-state index contributed by atoms with van der Waals surface area (Å²) in [5.74, 6) is 2.13. The van der Waals surface area contributed by atoms with Crippen molar-refractivity contribution in [1.29, 1.82) is 0 Å². The first-order valence-corrected chi connectivity index (χ1v) is 8.03. The Morgan fingerprint density at radius 2 is 1.68 bits per heavy atom. The standard InChI is InChI=1S/C18H27N/c1-3-14-5-7-15(8-6-14)10-18(13-19-4-2)11-16-9-17(16)12-18/h5-8,16-17,19H,3-4,9-13H2,1-2H3. The van der Waals surface area contributed by atoms with Crippen LogP contribution in [0, 0.1) is 17.3 Å². The van der Waals surface area contributed by atoms with Crippen molar-refractivity contribution in [2.45, 2.75) is 46.0 Å². The number of rotatable bonds is 6. The quantitative estimate of drug-likeness (QED) is 0.817. The normalized spacial score (nSPS) is 32.3. The maximum Gasteiger partial charge on any atom is 0.00111 e. The lowest BCUT2D eigenvalue weighted by molar-refractivity contribution is 0.250. The molecule has 3 rings (SSSR count). The molecule has 2 saturated carbocycles. The third-order valence-electron chi connectivity index (χ3n) is 5.22. The maximum atomic E-state index is 3.61. The second-order valence-electron chi connectivity index (χ2n) is 6.79. The van der Waals surface area contributed by atoms with Crippen LogP contribution in [0.25, 0.3) is 0 Å². The highest BCUT2D eigenvalue weighted by Crippen LogP contribution is 2.60. The summed E-state index contributed by atoms with van der Waals surface area (Å²) in [6.45, 7) is 6.77. The number of aryl methyl sites for hydroxylation is 1. The molecule has 1 aromatic rings. The molecule has 104 valence electrons. The lowest BCUT2D eigenvalue weighted by Gasteiger charge is -2.31. The Labute approximate surface area is 117 Å². The second-order valence-corrected chi connectivity index (χ2v) is 6.79. The van der Waals surface area contributed by atoms with E-state index in [9.17, 15) is 0 Å². The SMILES string of the molecule is CCNCC1(Cc2ccc(CC)cc2)CC2CC2C1. The van der Waals surface area contributed by atoms with Gasteiger partial charge in [0, 0.05) is 6.54 Å². The van der Waals surface area contributed by atoms with Gasteiger partial charge in [0.25, 0.3) is 0 Å². The molecule has 2 unspecified atom stereocenters. The number of nitrogens with one attached hydrogen (secondary N) is 1. The van der Waals surface area contributed by atoms with Gasteiger partial charge in [-0.1, -0.05) is 38.1 Å². The highest BCUT2D eigenvalue weighted by atomic mass is 14.9. The Balaban J connectivity index is 1.69. The first-order chi connectivity index (χ1) is 9.24. The lowest BCUT2D eigenvalue weighted by Crippen LogP contribution is -2.35. The van der Waals surface area contributed by atoms with Gasteiger partial charge in [-0.25, -0.2) is 0 Å². The molecule has 2 aliphatic rings. The molecule has 0 aliphatic heterocycles. The topological polar surface area (TPSA) is 12.0 Å². The Morgan fingerprint density at radius 3 is 2.26 bits per heavy atom. The molecule has 1 nitrogen and oxygen atoms in total. The minimum Gasteiger partial charge on any atom is -0.316 e. The van der Waals surface area contributed by atoms with Gasteiger partial charge in [-0.2, -0.15) is 0 Å². The smallest absolute Gasteiger partial charge is 0.00111 e. The predicted octanol–water partition coefficient (Wildman–Crippen LogP) is 3.82. The molecule has 1 N–H and O–H groups in total. The lowest BCUT2D eigenvalue weighted by atomic mass is 9.77. The van der Waals surface area contributed by atoms with Gasteiger partial charge in [-0.05, 0) is 67.0 Å². The molecule has 0 amide bonds. The van der Waals surface area contributed by atoms with Crippen LogP contribution >= 0.6 is 0 Å². The summed E-state index contributed by atoms with van der Waals surface area (Å²) in [7, 11) is 0. The maximum absolute atomic E-state index is 3.61. The molecule has 0 radical (unpaired) electrons. The fourth-order valence-corrected chi connectivity index (χ4v) is 4.07. The highest BCUT2D eigenvalue weighted by Gasteiger charge is 2.53. The highest BCUT2D eigenvalue weighted by molar-refractivity contribution is 5.24. The van der Waals surface area contributed by atoms with Gasteiger partial charge < -0.3 is 5.32 Å². The van der Waals surface area contributed by atoms with Crippen LogP contribution < -0.4 is 5.32 Å². The van der Waals surface area contributed by atoms with Crippen LogP contribution in [0.3, 0.4) is 0 Å². The van der Waals surface area contributed by atoms with Crippen molar-refractivity contribution in [3.63, 3.8) is 0 Å². The average Bonchev–Trinajstić information content (AvgIpc) is 3.06. The van der Waals surface area contributed by atoms with E-state index in [0.717, 1.165) is 24.8 Å². The third kappa shape index (κ3) is 2.86. The molecule has 1 heteroatoms. The predicted molar refractivity (Wildman–Crippen MR) is 81.3 cm³/mol. The van der Waals surface area contributed by atoms with Crippen molar-refractivity contribution in [3.05, 3.63) is 35.4 Å². The van der Waals surface area contributed by atoms with Crippen molar-refractivity contribution < 1.29 is 0 Å². The molecule has 0 saturated heterocycles. The molecule has 0 aromatic heterocycles. The molecule has 0 heterocycles. The van der Waals surface area contributed by atoms with Gasteiger partial charge >= 0.3 is 0 Å². The average molecular weight is 257 g/mol. The summed E-state index contributed by atoms with van der Waals surface area (Å²) in [6.07, 6.45) is 6.85. The van der Waals surface area contributed by atoms with Crippen LogP contribution in [0.4, 0.5) is 0 Å². The van der Waals surface area contributed by atoms with Gasteiger partial charge in [-0.15, -0.1) is 0 Å². The Bertz CT molecular complexity index is 410. The zero-order valence-electron chi connectivity index (χ0n) is 12.4. The van der Waals surface area contributed by atoms with E-state index < -0.39 is 0 Å². The minimum atomic E-state index is 0.553. The third-order valence-corrected chi connectivity index (χ3v) is 5.22. The van der Waals surface area contributed by atoms with E-state index in [0.29, 0.717) is 5.41 Å². The van der Waals surface area contributed by atoms with Crippen LogP contribution in [0.1, 0.15) is 44.2 Å². The Hall–Kier alpha value is -0.820. The van der Waals surface area contributed by atoms with E-state index in [4.69, 9.17) is 0 Å². The van der Waals surface area contributed by atoms with Crippen LogP contribution in [0.5, 0.6) is 0 Å². The van der Waals surface area contributed by atoms with Crippen LogP contribution in [-0.2, 0) is 12.8 Å². The zero-order chi connectivity index (χ0) is 13.3. The number of hydrogen-bond acceptors (Lipinski definition) is 1. The largest absolute Gasteiger partial charge is 0.316 e. The summed E-state index contributed by atoms with van der Waals surface area (Å²) in [6, 6.07) is 9.34.